The van der Waals surface area contributed by atoms with Crippen LogP contribution in [0.25, 0.3) is 0 Å². The molecule has 0 radical (unpaired) electrons. The summed E-state index contributed by atoms with van der Waals surface area (Å²) in [7, 11) is 0. The van der Waals surface area contributed by atoms with E-state index in [1.807, 2.05) is 97.6 Å². The predicted octanol–water partition coefficient (Wildman–Crippen LogP) is 6.74. The summed E-state index contributed by atoms with van der Waals surface area (Å²) in [5, 5.41) is 0. The van der Waals surface area contributed by atoms with Crippen LogP contribution in [0.4, 0.5) is 11.4 Å². The highest BCUT2D eigenvalue weighted by atomic mass is 32.2. The Morgan fingerprint density at radius 3 is 2.12 bits per heavy atom. The average molecular weight is 471 g/mol. The number of likely N-dealkylation sites (N-methyl/N-ethyl adjacent to an activating group) is 1. The first-order valence-corrected chi connectivity index (χ1v) is 12.6. The van der Waals surface area contributed by atoms with Crippen LogP contribution in [0.2, 0.25) is 0 Å². The van der Waals surface area contributed by atoms with Gasteiger partial charge in [-0.1, -0.05) is 73.1 Å². The monoisotopic (exact) mass is 470 g/mol. The highest BCUT2D eigenvalue weighted by Crippen LogP contribution is 2.40. The first kappa shape index (κ1) is 23.8. The molecule has 1 heterocycles. The second-order valence-electron chi connectivity index (χ2n) is 8.39. The second kappa shape index (κ2) is 10.7. The number of anilines is 2. The normalized spacial score (nSPS) is 13.7. The molecule has 4 nitrogen and oxygen atoms in total. The van der Waals surface area contributed by atoms with Crippen molar-refractivity contribution in [3.05, 3.63) is 101 Å². The first-order valence-electron chi connectivity index (χ1n) is 11.8. The fourth-order valence-corrected chi connectivity index (χ4v) is 5.04. The quantitative estimate of drug-likeness (QED) is 0.325. The Balaban J connectivity index is 1.74. The molecule has 0 aromatic heterocycles. The summed E-state index contributed by atoms with van der Waals surface area (Å²) < 4.78 is 0. The standard InChI is InChI=1S/C29H30N2O2S/c1-4-6-10-22-15-17-24(18-16-22)31-28(32)26(30(5-2)23-11-8-7-9-12-23)27(29(31)33)34-25-19-13-21(3)14-20-25/h7-9,11-20H,4-6,10H2,1-3H3. The van der Waals surface area contributed by atoms with Gasteiger partial charge < -0.3 is 4.90 Å². The second-order valence-corrected chi connectivity index (χ2v) is 9.47. The Morgan fingerprint density at radius 2 is 1.50 bits per heavy atom. The van der Waals surface area contributed by atoms with E-state index in [0.29, 0.717) is 22.8 Å². The van der Waals surface area contributed by atoms with Crippen molar-refractivity contribution < 1.29 is 9.59 Å². The number of hydrogen-bond donors (Lipinski definition) is 0. The van der Waals surface area contributed by atoms with Crippen molar-refractivity contribution in [2.45, 2.75) is 44.9 Å². The summed E-state index contributed by atoms with van der Waals surface area (Å²) >= 11 is 1.36. The van der Waals surface area contributed by atoms with E-state index in [1.165, 1.54) is 22.2 Å². The first-order chi connectivity index (χ1) is 16.5. The lowest BCUT2D eigenvalue weighted by Crippen LogP contribution is -2.35. The Morgan fingerprint density at radius 1 is 0.824 bits per heavy atom. The van der Waals surface area contributed by atoms with E-state index in [0.717, 1.165) is 35.4 Å². The molecular formula is C29H30N2O2S. The Labute approximate surface area is 206 Å². The molecule has 0 spiro atoms. The van der Waals surface area contributed by atoms with Crippen molar-refractivity contribution in [3.8, 4) is 0 Å². The molecule has 0 saturated carbocycles. The van der Waals surface area contributed by atoms with E-state index in [2.05, 4.69) is 6.92 Å². The van der Waals surface area contributed by atoms with E-state index < -0.39 is 0 Å². The molecule has 0 bridgehead atoms. The van der Waals surface area contributed by atoms with Crippen LogP contribution in [-0.4, -0.2) is 18.4 Å². The Bertz CT molecular complexity index is 1190. The van der Waals surface area contributed by atoms with Gasteiger partial charge in [0.05, 0.1) is 5.69 Å². The molecule has 1 aliphatic rings. The number of rotatable bonds is 9. The predicted molar refractivity (Wildman–Crippen MR) is 141 cm³/mol. The molecule has 3 aromatic rings. The number of aryl methyl sites for hydroxylation is 2. The largest absolute Gasteiger partial charge is 0.336 e. The van der Waals surface area contributed by atoms with Crippen LogP contribution in [0.3, 0.4) is 0 Å². The maximum absolute atomic E-state index is 13.8. The van der Waals surface area contributed by atoms with Crippen LogP contribution >= 0.6 is 11.8 Å². The topological polar surface area (TPSA) is 40.6 Å². The molecule has 3 aromatic carbocycles. The average Bonchev–Trinajstić information content (AvgIpc) is 3.10. The molecule has 0 fully saturated rings. The van der Waals surface area contributed by atoms with Gasteiger partial charge in [0.25, 0.3) is 11.8 Å². The number of amides is 2. The molecule has 0 atom stereocenters. The molecule has 0 N–H and O–H groups in total. The lowest BCUT2D eigenvalue weighted by atomic mass is 10.1. The van der Waals surface area contributed by atoms with Gasteiger partial charge in [-0.2, -0.15) is 0 Å². The van der Waals surface area contributed by atoms with Crippen molar-refractivity contribution in [3.63, 3.8) is 0 Å². The number of imide groups is 1. The zero-order valence-corrected chi connectivity index (χ0v) is 20.8. The van der Waals surface area contributed by atoms with E-state index in [9.17, 15) is 9.59 Å². The fourth-order valence-electron chi connectivity index (χ4n) is 4.06. The van der Waals surface area contributed by atoms with Gasteiger partial charge in [0.1, 0.15) is 10.6 Å². The number of thioether (sulfide) groups is 1. The molecule has 2 amide bonds. The summed E-state index contributed by atoms with van der Waals surface area (Å²) in [6.45, 7) is 6.77. The third-order valence-corrected chi connectivity index (χ3v) is 7.01. The summed E-state index contributed by atoms with van der Waals surface area (Å²) in [6.07, 6.45) is 3.24. The highest BCUT2D eigenvalue weighted by Gasteiger charge is 2.42. The number of hydrogen-bond acceptors (Lipinski definition) is 4. The zero-order chi connectivity index (χ0) is 24.1. The van der Waals surface area contributed by atoms with Gasteiger partial charge in [-0.15, -0.1) is 0 Å². The van der Waals surface area contributed by atoms with Crippen molar-refractivity contribution in [1.82, 2.24) is 0 Å². The fraction of sp³-hybridized carbons (Fsp3) is 0.241. The summed E-state index contributed by atoms with van der Waals surface area (Å²) in [5.74, 6) is -0.562. The zero-order valence-electron chi connectivity index (χ0n) is 20.0. The van der Waals surface area contributed by atoms with E-state index >= 15 is 0 Å². The lowest BCUT2D eigenvalue weighted by Gasteiger charge is -2.24. The molecule has 0 aliphatic carbocycles. The van der Waals surface area contributed by atoms with Crippen molar-refractivity contribution >= 4 is 35.0 Å². The van der Waals surface area contributed by atoms with Gasteiger partial charge in [0, 0.05) is 17.1 Å². The van der Waals surface area contributed by atoms with E-state index in [1.54, 1.807) is 0 Å². The van der Waals surface area contributed by atoms with Crippen LogP contribution in [0.1, 0.15) is 37.8 Å². The molecule has 0 unspecified atom stereocenters. The molecular weight excluding hydrogens is 440 g/mol. The maximum Gasteiger partial charge on any atom is 0.283 e. The van der Waals surface area contributed by atoms with Crippen molar-refractivity contribution in [1.29, 1.82) is 0 Å². The molecule has 174 valence electrons. The van der Waals surface area contributed by atoms with Gasteiger partial charge in [-0.25, -0.2) is 4.90 Å². The number of nitrogens with zero attached hydrogens (tertiary/aromatic N) is 2. The van der Waals surface area contributed by atoms with Gasteiger partial charge in [-0.3, -0.25) is 9.59 Å². The van der Waals surface area contributed by atoms with Crippen LogP contribution in [0.5, 0.6) is 0 Å². The summed E-state index contributed by atoms with van der Waals surface area (Å²) in [6, 6.07) is 25.6. The number of benzene rings is 3. The Hall–Kier alpha value is -3.31. The van der Waals surface area contributed by atoms with Gasteiger partial charge in [0.15, 0.2) is 0 Å². The van der Waals surface area contributed by atoms with Crippen molar-refractivity contribution in [2.75, 3.05) is 16.3 Å². The van der Waals surface area contributed by atoms with E-state index in [4.69, 9.17) is 0 Å². The molecule has 5 heteroatoms. The maximum atomic E-state index is 13.8. The summed E-state index contributed by atoms with van der Waals surface area (Å²) in [5.41, 5.74) is 4.29. The molecule has 34 heavy (non-hydrogen) atoms. The van der Waals surface area contributed by atoms with Crippen LogP contribution < -0.4 is 9.80 Å². The minimum absolute atomic E-state index is 0.277. The van der Waals surface area contributed by atoms with Crippen LogP contribution in [0.15, 0.2) is 94.4 Å². The summed E-state index contributed by atoms with van der Waals surface area (Å²) in [4.78, 5) is 32.1. The van der Waals surface area contributed by atoms with Gasteiger partial charge >= 0.3 is 0 Å². The number of carbonyl (C=O) groups is 2. The van der Waals surface area contributed by atoms with E-state index in [-0.39, 0.29) is 11.8 Å². The third kappa shape index (κ3) is 4.95. The third-order valence-electron chi connectivity index (χ3n) is 5.93. The van der Waals surface area contributed by atoms with Crippen molar-refractivity contribution in [2.24, 2.45) is 0 Å². The molecule has 0 saturated heterocycles. The molecule has 4 rings (SSSR count). The smallest absolute Gasteiger partial charge is 0.283 e. The number of carbonyl (C=O) groups excluding carboxylic acids is 2. The van der Waals surface area contributed by atoms with Crippen LogP contribution in [0, 0.1) is 6.92 Å². The molecule has 1 aliphatic heterocycles. The van der Waals surface area contributed by atoms with Crippen LogP contribution in [-0.2, 0) is 16.0 Å². The van der Waals surface area contributed by atoms with Gasteiger partial charge in [0.2, 0.25) is 0 Å². The SMILES string of the molecule is CCCCc1ccc(N2C(=O)C(Sc3ccc(C)cc3)=C(N(CC)c3ccccc3)C2=O)cc1. The lowest BCUT2D eigenvalue weighted by molar-refractivity contribution is -0.120. The minimum atomic E-state index is -0.286. The Kier molecular flexibility index (Phi) is 7.53. The number of unbranched alkanes of at least 4 members (excludes halogenated alkanes) is 1. The van der Waals surface area contributed by atoms with Gasteiger partial charge in [-0.05, 0) is 68.7 Å². The number of para-hydroxylation sites is 1. The highest BCUT2D eigenvalue weighted by molar-refractivity contribution is 8.04. The minimum Gasteiger partial charge on any atom is -0.336 e.